The summed E-state index contributed by atoms with van der Waals surface area (Å²) in [5.41, 5.74) is 2.37. The Morgan fingerprint density at radius 1 is 1.42 bits per heavy atom. The Hall–Kier alpha value is -2.48. The third-order valence-corrected chi connectivity index (χ3v) is 4.76. The van der Waals surface area contributed by atoms with E-state index in [-0.39, 0.29) is 18.1 Å². The SMILES string of the molecule is Cc1cc(C)n(CCNC(=O)Cn2nccc2C2CCCNC2)c(=O)n1. The summed E-state index contributed by atoms with van der Waals surface area (Å²) in [5, 5.41) is 10.6. The minimum atomic E-state index is -0.282. The van der Waals surface area contributed by atoms with Crippen LogP contribution in [-0.2, 0) is 17.9 Å². The molecule has 1 unspecified atom stereocenters. The standard InChI is InChI=1S/C18H26N6O2/c1-13-10-14(2)23(18(26)22-13)9-8-20-17(25)12-24-16(5-7-21-24)15-4-3-6-19-11-15/h5,7,10,15,19H,3-4,6,8-9,11-12H2,1-2H3,(H,20,25). The van der Waals surface area contributed by atoms with Gasteiger partial charge in [0.2, 0.25) is 5.91 Å². The predicted octanol–water partition coefficient (Wildman–Crippen LogP) is 0.340. The molecule has 1 atom stereocenters. The molecule has 0 spiro atoms. The minimum absolute atomic E-state index is 0.107. The van der Waals surface area contributed by atoms with E-state index in [0.717, 1.165) is 37.3 Å². The van der Waals surface area contributed by atoms with Crippen LogP contribution in [0.5, 0.6) is 0 Å². The quantitative estimate of drug-likeness (QED) is 0.777. The molecule has 1 aliphatic rings. The zero-order chi connectivity index (χ0) is 18.5. The van der Waals surface area contributed by atoms with E-state index in [9.17, 15) is 9.59 Å². The second kappa shape index (κ2) is 8.27. The summed E-state index contributed by atoms with van der Waals surface area (Å²) >= 11 is 0. The van der Waals surface area contributed by atoms with Crippen molar-refractivity contribution in [2.24, 2.45) is 0 Å². The molecule has 0 bridgehead atoms. The van der Waals surface area contributed by atoms with Crippen LogP contribution in [0.15, 0.2) is 23.1 Å². The number of hydrogen-bond donors (Lipinski definition) is 2. The van der Waals surface area contributed by atoms with E-state index in [1.807, 2.05) is 19.1 Å². The molecule has 1 saturated heterocycles. The van der Waals surface area contributed by atoms with Crippen molar-refractivity contribution in [2.75, 3.05) is 19.6 Å². The lowest BCUT2D eigenvalue weighted by molar-refractivity contribution is -0.121. The number of carbonyl (C=O) groups is 1. The van der Waals surface area contributed by atoms with E-state index in [1.54, 1.807) is 22.4 Å². The van der Waals surface area contributed by atoms with Crippen molar-refractivity contribution in [1.82, 2.24) is 30.0 Å². The molecule has 3 heterocycles. The van der Waals surface area contributed by atoms with Crippen LogP contribution in [0.4, 0.5) is 0 Å². The van der Waals surface area contributed by atoms with Gasteiger partial charge in [-0.2, -0.15) is 10.1 Å². The molecule has 3 rings (SSSR count). The lowest BCUT2D eigenvalue weighted by Crippen LogP contribution is -2.35. The van der Waals surface area contributed by atoms with Gasteiger partial charge in [-0.3, -0.25) is 14.0 Å². The topological polar surface area (TPSA) is 93.8 Å². The number of amides is 1. The summed E-state index contributed by atoms with van der Waals surface area (Å²) in [6.07, 6.45) is 4.00. The fraction of sp³-hybridized carbons (Fsp3) is 0.556. The highest BCUT2D eigenvalue weighted by molar-refractivity contribution is 5.75. The Morgan fingerprint density at radius 3 is 3.00 bits per heavy atom. The highest BCUT2D eigenvalue weighted by Gasteiger charge is 2.19. The molecule has 0 aromatic carbocycles. The van der Waals surface area contributed by atoms with Gasteiger partial charge in [0.05, 0.1) is 0 Å². The summed E-state index contributed by atoms with van der Waals surface area (Å²) in [6, 6.07) is 3.85. The maximum atomic E-state index is 12.3. The second-order valence-corrected chi connectivity index (χ2v) is 6.78. The van der Waals surface area contributed by atoms with Gasteiger partial charge in [0.15, 0.2) is 0 Å². The summed E-state index contributed by atoms with van der Waals surface area (Å²) in [7, 11) is 0. The Kier molecular flexibility index (Phi) is 5.82. The van der Waals surface area contributed by atoms with Gasteiger partial charge in [0, 0.05) is 48.8 Å². The molecular formula is C18H26N6O2. The number of aromatic nitrogens is 4. The number of rotatable bonds is 6. The van der Waals surface area contributed by atoms with Crippen molar-refractivity contribution in [1.29, 1.82) is 0 Å². The van der Waals surface area contributed by atoms with Gasteiger partial charge in [-0.25, -0.2) is 4.79 Å². The van der Waals surface area contributed by atoms with E-state index in [2.05, 4.69) is 20.7 Å². The Balaban J connectivity index is 1.54. The Bertz CT molecular complexity index is 819. The first-order valence-corrected chi connectivity index (χ1v) is 9.09. The highest BCUT2D eigenvalue weighted by atomic mass is 16.2. The summed E-state index contributed by atoms with van der Waals surface area (Å²) < 4.78 is 3.35. The van der Waals surface area contributed by atoms with Gasteiger partial charge >= 0.3 is 5.69 Å². The van der Waals surface area contributed by atoms with Crippen molar-refractivity contribution in [3.63, 3.8) is 0 Å². The molecule has 0 aliphatic carbocycles. The third-order valence-electron chi connectivity index (χ3n) is 4.76. The van der Waals surface area contributed by atoms with Gasteiger partial charge in [0.25, 0.3) is 0 Å². The number of piperidine rings is 1. The van der Waals surface area contributed by atoms with Gasteiger partial charge in [0.1, 0.15) is 6.54 Å². The maximum Gasteiger partial charge on any atom is 0.348 e. The van der Waals surface area contributed by atoms with E-state index >= 15 is 0 Å². The van der Waals surface area contributed by atoms with Crippen molar-refractivity contribution in [3.05, 3.63) is 45.9 Å². The summed E-state index contributed by atoms with van der Waals surface area (Å²) in [5.74, 6) is 0.295. The first-order valence-electron chi connectivity index (χ1n) is 9.09. The molecule has 8 heteroatoms. The Labute approximate surface area is 152 Å². The van der Waals surface area contributed by atoms with Crippen LogP contribution >= 0.6 is 0 Å². The molecule has 2 N–H and O–H groups in total. The van der Waals surface area contributed by atoms with Crippen LogP contribution < -0.4 is 16.3 Å². The van der Waals surface area contributed by atoms with E-state index in [1.165, 1.54) is 0 Å². The molecule has 2 aromatic heterocycles. The number of aryl methyl sites for hydroxylation is 2. The molecule has 1 aliphatic heterocycles. The van der Waals surface area contributed by atoms with E-state index in [4.69, 9.17) is 0 Å². The third kappa shape index (κ3) is 4.37. The zero-order valence-electron chi connectivity index (χ0n) is 15.4. The molecule has 0 saturated carbocycles. The van der Waals surface area contributed by atoms with Crippen molar-refractivity contribution in [3.8, 4) is 0 Å². The van der Waals surface area contributed by atoms with Gasteiger partial charge < -0.3 is 10.6 Å². The monoisotopic (exact) mass is 358 g/mol. The summed E-state index contributed by atoms with van der Waals surface area (Å²) in [4.78, 5) is 28.1. The Morgan fingerprint density at radius 2 is 2.27 bits per heavy atom. The fourth-order valence-electron chi connectivity index (χ4n) is 3.47. The van der Waals surface area contributed by atoms with Crippen molar-refractivity contribution < 1.29 is 4.79 Å². The normalized spacial score (nSPS) is 17.2. The molecule has 0 radical (unpaired) electrons. The van der Waals surface area contributed by atoms with Gasteiger partial charge in [-0.05, 0) is 45.4 Å². The smallest absolute Gasteiger partial charge is 0.348 e. The molecule has 140 valence electrons. The minimum Gasteiger partial charge on any atom is -0.353 e. The fourth-order valence-corrected chi connectivity index (χ4v) is 3.47. The first kappa shape index (κ1) is 18.3. The van der Waals surface area contributed by atoms with Crippen molar-refractivity contribution in [2.45, 2.75) is 45.7 Å². The molecule has 2 aromatic rings. The van der Waals surface area contributed by atoms with Crippen LogP contribution in [0.2, 0.25) is 0 Å². The average molecular weight is 358 g/mol. The number of nitrogens with zero attached hydrogens (tertiary/aromatic N) is 4. The van der Waals surface area contributed by atoms with Crippen LogP contribution in [0.1, 0.15) is 35.8 Å². The lowest BCUT2D eigenvalue weighted by Gasteiger charge is -2.23. The van der Waals surface area contributed by atoms with Crippen LogP contribution in [-0.4, -0.2) is 44.9 Å². The average Bonchev–Trinajstić information content (AvgIpc) is 3.06. The largest absolute Gasteiger partial charge is 0.353 e. The van der Waals surface area contributed by atoms with Crippen LogP contribution in [0.3, 0.4) is 0 Å². The molecule has 8 nitrogen and oxygen atoms in total. The zero-order valence-corrected chi connectivity index (χ0v) is 15.4. The van der Waals surface area contributed by atoms with E-state index in [0.29, 0.717) is 24.7 Å². The highest BCUT2D eigenvalue weighted by Crippen LogP contribution is 2.22. The van der Waals surface area contributed by atoms with E-state index < -0.39 is 0 Å². The molecule has 26 heavy (non-hydrogen) atoms. The van der Waals surface area contributed by atoms with Crippen LogP contribution in [0.25, 0.3) is 0 Å². The molecule has 1 amide bonds. The molecule has 1 fully saturated rings. The number of nitrogens with one attached hydrogen (secondary N) is 2. The van der Waals surface area contributed by atoms with Gasteiger partial charge in [-0.1, -0.05) is 0 Å². The maximum absolute atomic E-state index is 12.3. The van der Waals surface area contributed by atoms with Gasteiger partial charge in [-0.15, -0.1) is 0 Å². The second-order valence-electron chi connectivity index (χ2n) is 6.78. The van der Waals surface area contributed by atoms with Crippen molar-refractivity contribution >= 4 is 5.91 Å². The van der Waals surface area contributed by atoms with Crippen LogP contribution in [0, 0.1) is 13.8 Å². The number of hydrogen-bond acceptors (Lipinski definition) is 5. The molecular weight excluding hydrogens is 332 g/mol. The first-order chi connectivity index (χ1) is 12.5. The predicted molar refractivity (Wildman–Crippen MR) is 98.1 cm³/mol. The number of carbonyl (C=O) groups excluding carboxylic acids is 1. The summed E-state index contributed by atoms with van der Waals surface area (Å²) in [6.45, 7) is 6.62. The lowest BCUT2D eigenvalue weighted by atomic mass is 9.96.